The van der Waals surface area contributed by atoms with Gasteiger partial charge in [0.25, 0.3) is 0 Å². The maximum Gasteiger partial charge on any atom is 0.101 e. The lowest BCUT2D eigenvalue weighted by Crippen LogP contribution is -2.21. The summed E-state index contributed by atoms with van der Waals surface area (Å²) in [6.07, 6.45) is 7.12. The molecule has 1 atom stereocenters. The summed E-state index contributed by atoms with van der Waals surface area (Å²) in [5, 5.41) is 9.29. The summed E-state index contributed by atoms with van der Waals surface area (Å²) in [6, 6.07) is 6.49. The van der Waals surface area contributed by atoms with Gasteiger partial charge in [-0.2, -0.15) is 5.26 Å². The number of nitrogens with zero attached hydrogens (tertiary/aromatic N) is 2. The molecule has 18 heavy (non-hydrogen) atoms. The molecule has 0 saturated carbocycles. The first-order chi connectivity index (χ1) is 8.65. The molecule has 0 fully saturated rings. The Bertz CT molecular complexity index is 532. The third-order valence-corrected chi connectivity index (χ3v) is 3.18. The molecule has 0 spiro atoms. The van der Waals surface area contributed by atoms with Crippen molar-refractivity contribution >= 4 is 5.69 Å². The van der Waals surface area contributed by atoms with E-state index in [-0.39, 0.29) is 6.04 Å². The SMILES string of the molecule is C#CCN1CCc2cc(C[C@@H](C)N)cc(C#N)c21. The normalized spacial score (nSPS) is 14.8. The van der Waals surface area contributed by atoms with Crippen LogP contribution in [0.1, 0.15) is 23.6 Å². The summed E-state index contributed by atoms with van der Waals surface area (Å²) in [5.74, 6) is 2.65. The van der Waals surface area contributed by atoms with Gasteiger partial charge in [-0.1, -0.05) is 12.0 Å². The van der Waals surface area contributed by atoms with Crippen LogP contribution < -0.4 is 10.6 Å². The second kappa shape index (κ2) is 5.12. The van der Waals surface area contributed by atoms with E-state index in [2.05, 4.69) is 23.0 Å². The van der Waals surface area contributed by atoms with Crippen molar-refractivity contribution in [3.63, 3.8) is 0 Å². The minimum atomic E-state index is 0.109. The first-order valence-corrected chi connectivity index (χ1v) is 6.15. The van der Waals surface area contributed by atoms with Gasteiger partial charge in [0.15, 0.2) is 0 Å². The Morgan fingerprint density at radius 3 is 2.94 bits per heavy atom. The Morgan fingerprint density at radius 1 is 1.56 bits per heavy atom. The summed E-state index contributed by atoms with van der Waals surface area (Å²) in [6.45, 7) is 3.44. The summed E-state index contributed by atoms with van der Waals surface area (Å²) in [4.78, 5) is 2.10. The minimum Gasteiger partial charge on any atom is -0.359 e. The fraction of sp³-hybridized carbons (Fsp3) is 0.400. The van der Waals surface area contributed by atoms with Crippen molar-refractivity contribution in [2.24, 2.45) is 5.73 Å². The van der Waals surface area contributed by atoms with Gasteiger partial charge >= 0.3 is 0 Å². The predicted molar refractivity (Wildman–Crippen MR) is 73.3 cm³/mol. The Morgan fingerprint density at radius 2 is 2.33 bits per heavy atom. The van der Waals surface area contributed by atoms with Gasteiger partial charge in [-0.25, -0.2) is 0 Å². The van der Waals surface area contributed by atoms with E-state index < -0.39 is 0 Å². The number of nitriles is 1. The van der Waals surface area contributed by atoms with Crippen LogP contribution in [-0.4, -0.2) is 19.1 Å². The zero-order valence-corrected chi connectivity index (χ0v) is 10.6. The fourth-order valence-corrected chi connectivity index (χ4v) is 2.53. The molecule has 1 aliphatic rings. The van der Waals surface area contributed by atoms with E-state index in [1.165, 1.54) is 5.56 Å². The van der Waals surface area contributed by atoms with Gasteiger partial charge in [0.2, 0.25) is 0 Å². The van der Waals surface area contributed by atoms with Gasteiger partial charge in [0, 0.05) is 12.6 Å². The number of terminal acetylenes is 1. The van der Waals surface area contributed by atoms with E-state index in [9.17, 15) is 5.26 Å². The summed E-state index contributed by atoms with van der Waals surface area (Å²) in [5.41, 5.74) is 9.92. The summed E-state index contributed by atoms with van der Waals surface area (Å²) >= 11 is 0. The quantitative estimate of drug-likeness (QED) is 0.812. The Labute approximate surface area is 108 Å². The molecular formula is C15H17N3. The topological polar surface area (TPSA) is 53.0 Å². The van der Waals surface area contributed by atoms with Crippen molar-refractivity contribution in [1.29, 1.82) is 5.26 Å². The highest BCUT2D eigenvalue weighted by Gasteiger charge is 2.22. The highest BCUT2D eigenvalue weighted by Crippen LogP contribution is 2.32. The van der Waals surface area contributed by atoms with Crippen molar-refractivity contribution in [3.05, 3.63) is 28.8 Å². The first-order valence-electron chi connectivity index (χ1n) is 6.15. The molecule has 0 bridgehead atoms. The van der Waals surface area contributed by atoms with E-state index >= 15 is 0 Å². The van der Waals surface area contributed by atoms with Crippen LogP contribution in [0.2, 0.25) is 0 Å². The van der Waals surface area contributed by atoms with Gasteiger partial charge in [-0.05, 0) is 37.0 Å². The van der Waals surface area contributed by atoms with Gasteiger partial charge in [-0.15, -0.1) is 6.42 Å². The van der Waals surface area contributed by atoms with Crippen LogP contribution in [0.3, 0.4) is 0 Å². The smallest absolute Gasteiger partial charge is 0.101 e. The molecule has 92 valence electrons. The van der Waals surface area contributed by atoms with Gasteiger partial charge in [-0.3, -0.25) is 0 Å². The Hall–Kier alpha value is -1.97. The molecule has 0 aromatic heterocycles. The Balaban J connectivity index is 2.41. The second-order valence-corrected chi connectivity index (χ2v) is 4.82. The van der Waals surface area contributed by atoms with Crippen LogP contribution in [0, 0.1) is 23.7 Å². The van der Waals surface area contributed by atoms with Crippen molar-refractivity contribution in [1.82, 2.24) is 0 Å². The molecule has 0 saturated heterocycles. The third kappa shape index (κ3) is 2.32. The van der Waals surface area contributed by atoms with E-state index in [4.69, 9.17) is 12.2 Å². The molecular weight excluding hydrogens is 222 g/mol. The molecule has 1 heterocycles. The standard InChI is InChI=1S/C15H17N3/c1-3-5-18-6-4-13-8-12(7-11(2)17)9-14(10-16)15(13)18/h1,8-9,11H,4-7,17H2,2H3/t11-/m1/s1. The van der Waals surface area contributed by atoms with Crippen LogP contribution in [-0.2, 0) is 12.8 Å². The molecule has 2 rings (SSSR count). The van der Waals surface area contributed by atoms with Crippen molar-refractivity contribution in [2.75, 3.05) is 18.0 Å². The predicted octanol–water partition coefficient (Wildman–Crippen LogP) is 1.44. The van der Waals surface area contributed by atoms with E-state index in [0.717, 1.165) is 36.2 Å². The fourth-order valence-electron chi connectivity index (χ4n) is 2.53. The lowest BCUT2D eigenvalue weighted by atomic mass is 9.99. The maximum absolute atomic E-state index is 9.29. The van der Waals surface area contributed by atoms with Crippen LogP contribution >= 0.6 is 0 Å². The highest BCUT2D eigenvalue weighted by molar-refractivity contribution is 5.69. The second-order valence-electron chi connectivity index (χ2n) is 4.82. The molecule has 3 heteroatoms. The molecule has 1 aliphatic heterocycles. The Kier molecular flexibility index (Phi) is 3.55. The molecule has 3 nitrogen and oxygen atoms in total. The monoisotopic (exact) mass is 239 g/mol. The van der Waals surface area contributed by atoms with Crippen molar-refractivity contribution in [2.45, 2.75) is 25.8 Å². The third-order valence-electron chi connectivity index (χ3n) is 3.18. The molecule has 0 unspecified atom stereocenters. The number of hydrogen-bond donors (Lipinski definition) is 1. The number of nitrogens with two attached hydrogens (primary N) is 1. The number of benzene rings is 1. The zero-order valence-electron chi connectivity index (χ0n) is 10.6. The molecule has 0 aliphatic carbocycles. The summed E-state index contributed by atoms with van der Waals surface area (Å²) in [7, 11) is 0. The molecule has 0 amide bonds. The molecule has 2 N–H and O–H groups in total. The largest absolute Gasteiger partial charge is 0.359 e. The average Bonchev–Trinajstić information content (AvgIpc) is 2.71. The van der Waals surface area contributed by atoms with Crippen LogP contribution in [0.25, 0.3) is 0 Å². The lowest BCUT2D eigenvalue weighted by molar-refractivity contribution is 0.737. The number of fused-ring (bicyclic) bond motifs is 1. The maximum atomic E-state index is 9.29. The number of hydrogen-bond acceptors (Lipinski definition) is 3. The number of anilines is 1. The van der Waals surface area contributed by atoms with Crippen LogP contribution in [0.4, 0.5) is 5.69 Å². The van der Waals surface area contributed by atoms with Gasteiger partial charge < -0.3 is 10.6 Å². The first kappa shape index (κ1) is 12.5. The van der Waals surface area contributed by atoms with Crippen molar-refractivity contribution in [3.8, 4) is 18.4 Å². The average molecular weight is 239 g/mol. The highest BCUT2D eigenvalue weighted by atomic mass is 15.1. The molecule has 0 radical (unpaired) electrons. The minimum absolute atomic E-state index is 0.109. The van der Waals surface area contributed by atoms with E-state index in [1.54, 1.807) is 0 Å². The molecule has 1 aromatic rings. The van der Waals surface area contributed by atoms with Crippen molar-refractivity contribution < 1.29 is 0 Å². The van der Waals surface area contributed by atoms with Crippen LogP contribution in [0.15, 0.2) is 12.1 Å². The molecule has 1 aromatic carbocycles. The van der Waals surface area contributed by atoms with Gasteiger partial charge in [0.05, 0.1) is 17.8 Å². The van der Waals surface area contributed by atoms with Gasteiger partial charge in [0.1, 0.15) is 6.07 Å². The number of rotatable bonds is 3. The van der Waals surface area contributed by atoms with E-state index in [1.807, 2.05) is 13.0 Å². The van der Waals surface area contributed by atoms with E-state index in [0.29, 0.717) is 6.54 Å². The van der Waals surface area contributed by atoms with Crippen LogP contribution in [0.5, 0.6) is 0 Å². The zero-order chi connectivity index (χ0) is 13.1. The lowest BCUT2D eigenvalue weighted by Gasteiger charge is -2.18. The summed E-state index contributed by atoms with van der Waals surface area (Å²) < 4.78 is 0.